The van der Waals surface area contributed by atoms with Gasteiger partial charge in [0.15, 0.2) is 0 Å². The van der Waals surface area contributed by atoms with E-state index in [4.69, 9.17) is 15.6 Å². The Labute approximate surface area is 107 Å². The number of aliphatic carboxylic acids is 1. The third-order valence-electron chi connectivity index (χ3n) is 3.16. The molecule has 1 rings (SSSR count). The van der Waals surface area contributed by atoms with Crippen molar-refractivity contribution >= 4 is 11.9 Å². The van der Waals surface area contributed by atoms with Gasteiger partial charge in [0.2, 0.25) is 5.91 Å². The average molecular weight is 258 g/mol. The Kier molecular flexibility index (Phi) is 5.55. The molecule has 1 saturated heterocycles. The van der Waals surface area contributed by atoms with Crippen LogP contribution in [-0.2, 0) is 14.3 Å². The van der Waals surface area contributed by atoms with Crippen molar-refractivity contribution < 1.29 is 19.4 Å². The average Bonchev–Trinajstić information content (AvgIpc) is 2.79. The lowest BCUT2D eigenvalue weighted by Crippen LogP contribution is -2.51. The maximum Gasteiger partial charge on any atom is 0.326 e. The van der Waals surface area contributed by atoms with E-state index in [1.165, 1.54) is 0 Å². The van der Waals surface area contributed by atoms with Crippen molar-refractivity contribution in [3.8, 4) is 0 Å². The second-order valence-electron chi connectivity index (χ2n) is 5.04. The molecular formula is C12H22N2O4. The monoisotopic (exact) mass is 258 g/mol. The topological polar surface area (TPSA) is 102 Å². The molecule has 0 radical (unpaired) electrons. The van der Waals surface area contributed by atoms with Crippen LogP contribution in [-0.4, -0.2) is 41.8 Å². The predicted molar refractivity (Wildman–Crippen MR) is 66.0 cm³/mol. The SMILES string of the molecule is CC(C)[C@H](N)C(=O)NC(CC1CCCO1)C(=O)O. The fourth-order valence-electron chi connectivity index (χ4n) is 1.89. The highest BCUT2D eigenvalue weighted by Gasteiger charge is 2.28. The van der Waals surface area contributed by atoms with Gasteiger partial charge < -0.3 is 20.9 Å². The summed E-state index contributed by atoms with van der Waals surface area (Å²) in [4.78, 5) is 22.8. The van der Waals surface area contributed by atoms with Gasteiger partial charge in [-0.15, -0.1) is 0 Å². The summed E-state index contributed by atoms with van der Waals surface area (Å²) in [5.74, 6) is -1.49. The highest BCUT2D eigenvalue weighted by Crippen LogP contribution is 2.17. The number of hydrogen-bond acceptors (Lipinski definition) is 4. The molecule has 1 aliphatic heterocycles. The van der Waals surface area contributed by atoms with Gasteiger partial charge in [-0.25, -0.2) is 4.79 Å². The normalized spacial score (nSPS) is 22.8. The summed E-state index contributed by atoms with van der Waals surface area (Å²) in [5.41, 5.74) is 5.68. The highest BCUT2D eigenvalue weighted by atomic mass is 16.5. The van der Waals surface area contributed by atoms with Crippen molar-refractivity contribution in [2.75, 3.05) is 6.61 Å². The van der Waals surface area contributed by atoms with Crippen LogP contribution in [0.1, 0.15) is 33.1 Å². The van der Waals surface area contributed by atoms with Crippen LogP contribution in [0, 0.1) is 5.92 Å². The maximum absolute atomic E-state index is 11.7. The summed E-state index contributed by atoms with van der Waals surface area (Å²) >= 11 is 0. The summed E-state index contributed by atoms with van der Waals surface area (Å²) < 4.78 is 5.38. The standard InChI is InChI=1S/C12H22N2O4/c1-7(2)10(13)11(15)14-9(12(16)17)6-8-4-3-5-18-8/h7-10H,3-6,13H2,1-2H3,(H,14,15)(H,16,17)/t8?,9?,10-/m0/s1. The number of carbonyl (C=O) groups excluding carboxylic acids is 1. The first kappa shape index (κ1) is 14.9. The van der Waals surface area contributed by atoms with E-state index in [1.807, 2.05) is 13.8 Å². The number of amides is 1. The van der Waals surface area contributed by atoms with Crippen LogP contribution in [0.3, 0.4) is 0 Å². The number of carbonyl (C=O) groups is 2. The lowest BCUT2D eigenvalue weighted by atomic mass is 10.0. The van der Waals surface area contributed by atoms with E-state index in [9.17, 15) is 9.59 Å². The predicted octanol–water partition coefficient (Wildman–Crippen LogP) is 0.108. The molecule has 104 valence electrons. The molecule has 6 nitrogen and oxygen atoms in total. The largest absolute Gasteiger partial charge is 0.480 e. The molecular weight excluding hydrogens is 236 g/mol. The second kappa shape index (κ2) is 6.70. The van der Waals surface area contributed by atoms with E-state index in [1.54, 1.807) is 0 Å². The van der Waals surface area contributed by atoms with Crippen LogP contribution in [0.4, 0.5) is 0 Å². The zero-order chi connectivity index (χ0) is 13.7. The molecule has 0 aromatic carbocycles. The van der Waals surface area contributed by atoms with Gasteiger partial charge in [-0.1, -0.05) is 13.8 Å². The Bertz CT molecular complexity index is 300. The van der Waals surface area contributed by atoms with E-state index >= 15 is 0 Å². The van der Waals surface area contributed by atoms with E-state index in [-0.39, 0.29) is 12.0 Å². The summed E-state index contributed by atoms with van der Waals surface area (Å²) in [6.07, 6.45) is 2.00. The van der Waals surface area contributed by atoms with Crippen molar-refractivity contribution in [2.45, 2.75) is 51.3 Å². The van der Waals surface area contributed by atoms with Crippen LogP contribution in [0.25, 0.3) is 0 Å². The van der Waals surface area contributed by atoms with Crippen molar-refractivity contribution in [1.29, 1.82) is 0 Å². The Morgan fingerprint density at radius 2 is 2.17 bits per heavy atom. The quantitative estimate of drug-likeness (QED) is 0.627. The fourth-order valence-corrected chi connectivity index (χ4v) is 1.89. The number of carboxylic acids is 1. The van der Waals surface area contributed by atoms with Gasteiger partial charge in [0.25, 0.3) is 0 Å². The minimum absolute atomic E-state index is 0.0258. The van der Waals surface area contributed by atoms with E-state index in [2.05, 4.69) is 5.32 Å². The van der Waals surface area contributed by atoms with Gasteiger partial charge in [0.05, 0.1) is 12.1 Å². The fraction of sp³-hybridized carbons (Fsp3) is 0.833. The van der Waals surface area contributed by atoms with Gasteiger partial charge >= 0.3 is 5.97 Å². The summed E-state index contributed by atoms with van der Waals surface area (Å²) in [7, 11) is 0. The van der Waals surface area contributed by atoms with Gasteiger partial charge in [0, 0.05) is 13.0 Å². The smallest absolute Gasteiger partial charge is 0.326 e. The minimum atomic E-state index is -1.05. The first-order chi connectivity index (χ1) is 8.41. The number of nitrogens with two attached hydrogens (primary N) is 1. The molecule has 1 aliphatic rings. The molecule has 1 fully saturated rings. The Morgan fingerprint density at radius 1 is 1.50 bits per heavy atom. The molecule has 18 heavy (non-hydrogen) atoms. The van der Waals surface area contributed by atoms with Crippen molar-refractivity contribution in [3.63, 3.8) is 0 Å². The zero-order valence-corrected chi connectivity index (χ0v) is 10.9. The van der Waals surface area contributed by atoms with Crippen LogP contribution < -0.4 is 11.1 Å². The van der Waals surface area contributed by atoms with Crippen LogP contribution in [0.15, 0.2) is 0 Å². The van der Waals surface area contributed by atoms with Gasteiger partial charge in [-0.3, -0.25) is 4.79 Å². The molecule has 0 bridgehead atoms. The molecule has 1 heterocycles. The first-order valence-corrected chi connectivity index (χ1v) is 6.32. The Morgan fingerprint density at radius 3 is 2.61 bits per heavy atom. The van der Waals surface area contributed by atoms with E-state index < -0.39 is 24.0 Å². The first-order valence-electron chi connectivity index (χ1n) is 6.32. The number of nitrogens with one attached hydrogen (secondary N) is 1. The molecule has 0 spiro atoms. The number of ether oxygens (including phenoxy) is 1. The van der Waals surface area contributed by atoms with Crippen LogP contribution >= 0.6 is 0 Å². The number of carboxylic acid groups (broad SMARTS) is 1. The molecule has 1 amide bonds. The highest BCUT2D eigenvalue weighted by molar-refractivity contribution is 5.86. The third kappa shape index (κ3) is 4.27. The van der Waals surface area contributed by atoms with Gasteiger partial charge in [-0.2, -0.15) is 0 Å². The molecule has 0 aromatic heterocycles. The van der Waals surface area contributed by atoms with Crippen LogP contribution in [0.5, 0.6) is 0 Å². The lowest BCUT2D eigenvalue weighted by molar-refractivity contribution is -0.143. The van der Waals surface area contributed by atoms with Gasteiger partial charge in [0.1, 0.15) is 6.04 Å². The van der Waals surface area contributed by atoms with Gasteiger partial charge in [-0.05, 0) is 18.8 Å². The van der Waals surface area contributed by atoms with Crippen molar-refractivity contribution in [2.24, 2.45) is 11.7 Å². The van der Waals surface area contributed by atoms with E-state index in [0.29, 0.717) is 13.0 Å². The van der Waals surface area contributed by atoms with Crippen LogP contribution in [0.2, 0.25) is 0 Å². The molecule has 0 aliphatic carbocycles. The number of hydrogen-bond donors (Lipinski definition) is 3. The molecule has 0 saturated carbocycles. The second-order valence-corrected chi connectivity index (χ2v) is 5.04. The van der Waals surface area contributed by atoms with E-state index in [0.717, 1.165) is 12.8 Å². The third-order valence-corrected chi connectivity index (χ3v) is 3.16. The molecule has 2 unspecified atom stereocenters. The molecule has 3 atom stereocenters. The Balaban J connectivity index is 2.51. The minimum Gasteiger partial charge on any atom is -0.480 e. The summed E-state index contributed by atoms with van der Waals surface area (Å²) in [6, 6.07) is -1.61. The molecule has 6 heteroatoms. The van der Waals surface area contributed by atoms with Crippen molar-refractivity contribution in [3.05, 3.63) is 0 Å². The van der Waals surface area contributed by atoms with Crippen molar-refractivity contribution in [1.82, 2.24) is 5.32 Å². The zero-order valence-electron chi connectivity index (χ0n) is 10.9. The lowest BCUT2D eigenvalue weighted by Gasteiger charge is -2.21. The summed E-state index contributed by atoms with van der Waals surface area (Å²) in [6.45, 7) is 4.30. The number of rotatable bonds is 6. The molecule has 4 N–H and O–H groups in total. The summed E-state index contributed by atoms with van der Waals surface area (Å²) in [5, 5.41) is 11.6. The maximum atomic E-state index is 11.7. The Hall–Kier alpha value is -1.14. The molecule has 0 aromatic rings.